The summed E-state index contributed by atoms with van der Waals surface area (Å²) >= 11 is 2.18. The van der Waals surface area contributed by atoms with E-state index in [0.717, 1.165) is 20.4 Å². The van der Waals surface area contributed by atoms with Crippen molar-refractivity contribution < 1.29 is 38.0 Å². The Morgan fingerprint density at radius 3 is 2.26 bits per heavy atom. The first-order valence-corrected chi connectivity index (χ1v) is 17.9. The topological polar surface area (TPSA) is 92.7 Å². The van der Waals surface area contributed by atoms with Gasteiger partial charge in [-0.05, 0) is 77.0 Å². The van der Waals surface area contributed by atoms with Gasteiger partial charge in [-0.2, -0.15) is 0 Å². The van der Waals surface area contributed by atoms with Gasteiger partial charge in [0.25, 0.3) is 0 Å². The lowest BCUT2D eigenvalue weighted by Crippen LogP contribution is -2.47. The number of aryl methyl sites for hydroxylation is 1. The largest absolute Gasteiger partial charge is 0.506 e. The number of fused-ring (bicyclic) bond motifs is 2. The molecule has 1 N–H and O–H groups in total. The number of carbonyl (C=O) groups is 1. The van der Waals surface area contributed by atoms with Gasteiger partial charge in [-0.3, -0.25) is 4.79 Å². The molecule has 0 aliphatic heterocycles. The number of hydrogen-bond donors (Lipinski definition) is 1. The van der Waals surface area contributed by atoms with Crippen molar-refractivity contribution in [2.75, 3.05) is 28.1 Å². The lowest BCUT2D eigenvalue weighted by molar-refractivity contribution is -0.000528. The SMILES string of the molecule is COCOc1c(I)c(C)cc2c(OC)c3c(c(O)c12)C(=O)[C@@H](O[Si](C)(C)C(C)(C)C)C[C@@H]3OCc1ccc(OC)cc1. The number of Topliss-reactive ketones (excluding diaryl/α,β-unsaturated/α-hetero) is 1. The maximum Gasteiger partial charge on any atom is 0.194 e. The minimum Gasteiger partial charge on any atom is -0.506 e. The van der Waals surface area contributed by atoms with Crippen molar-refractivity contribution in [3.05, 3.63) is 56.2 Å². The molecule has 8 nitrogen and oxygen atoms in total. The standard InChI is InChI=1S/C32H41IO8Si/c1-18-14-21-24(31(27(18)33)40-17-36-5)29(35)26-25(30(21)38-7)22(39-16-19-10-12-20(37-6)13-11-19)15-23(28(26)34)41-42(8,9)32(2,3)4/h10-14,22-23,35H,15-17H2,1-9H3/t22-,23-/m0/s1. The van der Waals surface area contributed by atoms with Crippen LogP contribution in [0, 0.1) is 10.5 Å². The van der Waals surface area contributed by atoms with Crippen molar-refractivity contribution in [2.24, 2.45) is 0 Å². The zero-order valence-corrected chi connectivity index (χ0v) is 29.0. The van der Waals surface area contributed by atoms with Gasteiger partial charge >= 0.3 is 0 Å². The molecule has 0 unspecified atom stereocenters. The minimum absolute atomic E-state index is 0.0218. The molecular weight excluding hydrogens is 667 g/mol. The van der Waals surface area contributed by atoms with Crippen molar-refractivity contribution in [1.29, 1.82) is 0 Å². The van der Waals surface area contributed by atoms with Crippen LogP contribution in [-0.4, -0.2) is 53.4 Å². The molecule has 0 bridgehead atoms. The summed E-state index contributed by atoms with van der Waals surface area (Å²) in [7, 11) is 2.36. The number of halogens is 1. The van der Waals surface area contributed by atoms with Gasteiger partial charge in [-0.25, -0.2) is 0 Å². The van der Waals surface area contributed by atoms with E-state index in [0.29, 0.717) is 34.3 Å². The number of phenolic OH excluding ortho intramolecular Hbond substituents is 1. The fourth-order valence-corrected chi connectivity index (χ4v) is 6.85. The molecule has 1 aliphatic rings. The average Bonchev–Trinajstić information content (AvgIpc) is 2.94. The predicted molar refractivity (Wildman–Crippen MR) is 174 cm³/mol. The Morgan fingerprint density at radius 1 is 1.02 bits per heavy atom. The molecule has 0 saturated heterocycles. The molecule has 2 atom stereocenters. The summed E-state index contributed by atoms with van der Waals surface area (Å²) in [5.74, 6) is 1.20. The first-order chi connectivity index (χ1) is 19.7. The molecule has 0 aromatic heterocycles. The number of methoxy groups -OCH3 is 3. The number of aromatic hydroxyl groups is 1. The third-order valence-corrected chi connectivity index (χ3v) is 14.1. The molecule has 0 spiro atoms. The zero-order valence-electron chi connectivity index (χ0n) is 25.8. The molecule has 3 aromatic rings. The smallest absolute Gasteiger partial charge is 0.194 e. The molecule has 0 radical (unpaired) electrons. The summed E-state index contributed by atoms with van der Waals surface area (Å²) in [6.45, 7) is 12.9. The van der Waals surface area contributed by atoms with Gasteiger partial charge in [0, 0.05) is 24.5 Å². The first kappa shape index (κ1) is 32.5. The van der Waals surface area contributed by atoms with E-state index >= 15 is 0 Å². The van der Waals surface area contributed by atoms with E-state index in [1.165, 1.54) is 7.11 Å². The van der Waals surface area contributed by atoms with E-state index in [9.17, 15) is 9.90 Å². The third kappa shape index (κ3) is 6.14. The van der Waals surface area contributed by atoms with E-state index in [1.54, 1.807) is 14.2 Å². The number of ether oxygens (including phenoxy) is 5. The molecule has 0 saturated carbocycles. The monoisotopic (exact) mass is 708 g/mol. The van der Waals surface area contributed by atoms with Crippen LogP contribution >= 0.6 is 22.6 Å². The van der Waals surface area contributed by atoms with E-state index in [-0.39, 0.29) is 35.5 Å². The van der Waals surface area contributed by atoms with E-state index < -0.39 is 20.5 Å². The van der Waals surface area contributed by atoms with Gasteiger partial charge in [0.05, 0.1) is 41.5 Å². The van der Waals surface area contributed by atoms with Gasteiger partial charge in [-0.1, -0.05) is 32.9 Å². The molecule has 228 valence electrons. The lowest BCUT2D eigenvalue weighted by atomic mass is 9.82. The number of ketones is 1. The van der Waals surface area contributed by atoms with Gasteiger partial charge < -0.3 is 33.2 Å². The second kappa shape index (κ2) is 12.7. The van der Waals surface area contributed by atoms with Crippen LogP contribution in [-0.2, 0) is 20.5 Å². The molecular formula is C32H41IO8Si. The Kier molecular flexibility index (Phi) is 9.83. The molecule has 0 fully saturated rings. The molecule has 1 aliphatic carbocycles. The fourth-order valence-electron chi connectivity index (χ4n) is 5.00. The maximum atomic E-state index is 14.3. The Balaban J connectivity index is 1.93. The quantitative estimate of drug-likeness (QED) is 0.130. The molecule has 4 rings (SSSR count). The van der Waals surface area contributed by atoms with Crippen LogP contribution in [0.15, 0.2) is 30.3 Å². The van der Waals surface area contributed by atoms with Gasteiger partial charge in [0.15, 0.2) is 20.9 Å². The van der Waals surface area contributed by atoms with Gasteiger partial charge in [0.1, 0.15) is 29.1 Å². The minimum atomic E-state index is -2.37. The van der Waals surface area contributed by atoms with E-state index in [4.69, 9.17) is 28.1 Å². The maximum absolute atomic E-state index is 14.3. The Hall–Kier alpha value is -2.38. The van der Waals surface area contributed by atoms with Crippen LogP contribution in [0.25, 0.3) is 10.8 Å². The molecule has 0 amide bonds. The summed E-state index contributed by atoms with van der Waals surface area (Å²) in [6, 6.07) is 9.59. The van der Waals surface area contributed by atoms with Crippen molar-refractivity contribution in [3.63, 3.8) is 0 Å². The van der Waals surface area contributed by atoms with Crippen LogP contribution in [0.5, 0.6) is 23.0 Å². The van der Waals surface area contributed by atoms with Gasteiger partial charge in [-0.15, -0.1) is 0 Å². The lowest BCUT2D eigenvalue weighted by Gasteiger charge is -2.41. The Bertz CT molecular complexity index is 1460. The van der Waals surface area contributed by atoms with Crippen LogP contribution in [0.4, 0.5) is 0 Å². The normalized spacial score (nSPS) is 17.3. The summed E-state index contributed by atoms with van der Waals surface area (Å²) < 4.78 is 36.5. The van der Waals surface area contributed by atoms with Crippen LogP contribution < -0.4 is 14.2 Å². The van der Waals surface area contributed by atoms with Crippen molar-refractivity contribution in [2.45, 2.75) is 71.1 Å². The number of phenols is 1. The average molecular weight is 709 g/mol. The van der Waals surface area contributed by atoms with E-state index in [2.05, 4.69) is 56.5 Å². The first-order valence-electron chi connectivity index (χ1n) is 13.9. The molecule has 0 heterocycles. The summed E-state index contributed by atoms with van der Waals surface area (Å²) in [5, 5.41) is 12.8. The highest BCUT2D eigenvalue weighted by Gasteiger charge is 2.46. The highest BCUT2D eigenvalue weighted by atomic mass is 127. The summed E-state index contributed by atoms with van der Waals surface area (Å²) in [4.78, 5) is 14.3. The van der Waals surface area contributed by atoms with Crippen LogP contribution in [0.3, 0.4) is 0 Å². The molecule has 10 heteroatoms. The van der Waals surface area contributed by atoms with Crippen LogP contribution in [0.2, 0.25) is 18.1 Å². The number of hydrogen-bond acceptors (Lipinski definition) is 8. The highest BCUT2D eigenvalue weighted by Crippen LogP contribution is 2.53. The van der Waals surface area contributed by atoms with Crippen molar-refractivity contribution >= 4 is 47.5 Å². The van der Waals surface area contributed by atoms with Crippen molar-refractivity contribution in [1.82, 2.24) is 0 Å². The second-order valence-corrected chi connectivity index (χ2v) is 17.9. The Morgan fingerprint density at radius 2 is 1.69 bits per heavy atom. The highest BCUT2D eigenvalue weighted by molar-refractivity contribution is 14.1. The van der Waals surface area contributed by atoms with Crippen LogP contribution in [0.1, 0.15) is 60.3 Å². The van der Waals surface area contributed by atoms with Crippen molar-refractivity contribution in [3.8, 4) is 23.0 Å². The third-order valence-electron chi connectivity index (χ3n) is 8.30. The van der Waals surface area contributed by atoms with E-state index in [1.807, 2.05) is 37.3 Å². The number of rotatable bonds is 10. The molecule has 3 aromatic carbocycles. The second-order valence-electron chi connectivity index (χ2n) is 12.1. The van der Waals surface area contributed by atoms with Gasteiger partial charge in [0.2, 0.25) is 0 Å². The fraction of sp³-hybridized carbons (Fsp3) is 0.469. The Labute approximate surface area is 262 Å². The zero-order chi connectivity index (χ0) is 31.0. The summed E-state index contributed by atoms with van der Waals surface area (Å²) in [6.07, 6.45) is -1.07. The number of carbonyl (C=O) groups excluding carboxylic acids is 1. The molecule has 42 heavy (non-hydrogen) atoms. The number of benzene rings is 3. The predicted octanol–water partition coefficient (Wildman–Crippen LogP) is 7.69. The summed E-state index contributed by atoms with van der Waals surface area (Å²) in [5.41, 5.74) is 2.55.